The molecule has 0 spiro atoms. The van der Waals surface area contributed by atoms with Crippen LogP contribution in [0.15, 0.2) is 14.7 Å². The summed E-state index contributed by atoms with van der Waals surface area (Å²) in [7, 11) is 0. The number of anilines is 1. The summed E-state index contributed by atoms with van der Waals surface area (Å²) < 4.78 is 2.34. The first-order valence-electron chi connectivity index (χ1n) is 7.59. The van der Waals surface area contributed by atoms with Gasteiger partial charge in [0.25, 0.3) is 0 Å². The first-order valence-corrected chi connectivity index (χ1v) is 9.20. The smallest absolute Gasteiger partial charge is 0.226 e. The standard InChI is InChI=1S/C14H20BrN7S/c1-8-4-6-21(7-5-8)13-17-9(2)11(15)12(18-13)23-14-20-19-10(3)22(14)16/h8H,4-7,16H2,1-3H3. The molecule has 1 saturated heterocycles. The Balaban J connectivity index is 1.89. The summed E-state index contributed by atoms with van der Waals surface area (Å²) in [5.41, 5.74) is 0.913. The second-order valence-corrected chi connectivity index (χ2v) is 7.65. The molecule has 0 saturated carbocycles. The van der Waals surface area contributed by atoms with Gasteiger partial charge in [0, 0.05) is 13.1 Å². The number of piperidine rings is 1. The van der Waals surface area contributed by atoms with Crippen LogP contribution in [0.1, 0.15) is 31.3 Å². The second kappa shape index (κ2) is 6.64. The van der Waals surface area contributed by atoms with Crippen molar-refractivity contribution in [1.82, 2.24) is 24.8 Å². The van der Waals surface area contributed by atoms with Gasteiger partial charge < -0.3 is 10.7 Å². The van der Waals surface area contributed by atoms with Gasteiger partial charge in [0.1, 0.15) is 10.9 Å². The molecule has 0 atom stereocenters. The van der Waals surface area contributed by atoms with Crippen molar-refractivity contribution in [2.24, 2.45) is 5.92 Å². The number of hydrogen-bond donors (Lipinski definition) is 1. The van der Waals surface area contributed by atoms with Gasteiger partial charge in [0.05, 0.1) is 10.2 Å². The van der Waals surface area contributed by atoms with Crippen molar-refractivity contribution < 1.29 is 0 Å². The lowest BCUT2D eigenvalue weighted by atomic mass is 10.00. The minimum Gasteiger partial charge on any atom is -0.341 e. The van der Waals surface area contributed by atoms with Gasteiger partial charge in [-0.1, -0.05) is 6.92 Å². The Labute approximate surface area is 148 Å². The average Bonchev–Trinajstić information content (AvgIpc) is 2.84. The molecule has 3 heterocycles. The van der Waals surface area contributed by atoms with Gasteiger partial charge >= 0.3 is 0 Å². The van der Waals surface area contributed by atoms with E-state index in [0.29, 0.717) is 11.0 Å². The van der Waals surface area contributed by atoms with E-state index >= 15 is 0 Å². The lowest BCUT2D eigenvalue weighted by molar-refractivity contribution is 0.433. The molecule has 2 N–H and O–H groups in total. The molecule has 9 heteroatoms. The molecule has 0 unspecified atom stereocenters. The molecule has 0 aromatic carbocycles. The lowest BCUT2D eigenvalue weighted by Crippen LogP contribution is -2.34. The zero-order valence-corrected chi connectivity index (χ0v) is 15.9. The zero-order chi connectivity index (χ0) is 16.6. The molecule has 0 radical (unpaired) electrons. The van der Waals surface area contributed by atoms with Crippen molar-refractivity contribution in [3.63, 3.8) is 0 Å². The predicted octanol–water partition coefficient (Wildman–Crippen LogP) is 2.55. The predicted molar refractivity (Wildman–Crippen MR) is 94.1 cm³/mol. The first kappa shape index (κ1) is 16.5. The fraction of sp³-hybridized carbons (Fsp3) is 0.571. The maximum absolute atomic E-state index is 5.94. The molecule has 7 nitrogen and oxygen atoms in total. The van der Waals surface area contributed by atoms with Gasteiger partial charge in [0.2, 0.25) is 11.1 Å². The summed E-state index contributed by atoms with van der Waals surface area (Å²) in [6, 6.07) is 0. The summed E-state index contributed by atoms with van der Waals surface area (Å²) in [6.45, 7) is 8.09. The maximum atomic E-state index is 5.94. The lowest BCUT2D eigenvalue weighted by Gasteiger charge is -2.30. The van der Waals surface area contributed by atoms with Crippen molar-refractivity contribution in [2.45, 2.75) is 43.8 Å². The monoisotopic (exact) mass is 397 g/mol. The minimum atomic E-state index is 0.611. The number of halogens is 1. The zero-order valence-electron chi connectivity index (χ0n) is 13.5. The van der Waals surface area contributed by atoms with E-state index in [9.17, 15) is 0 Å². The number of nitrogens with zero attached hydrogens (tertiary/aromatic N) is 6. The highest BCUT2D eigenvalue weighted by molar-refractivity contribution is 9.10. The Morgan fingerprint density at radius 1 is 1.17 bits per heavy atom. The Kier molecular flexibility index (Phi) is 4.77. The molecule has 1 aliphatic rings. The number of nitrogens with two attached hydrogens (primary N) is 1. The average molecular weight is 398 g/mol. The van der Waals surface area contributed by atoms with Crippen LogP contribution in [0.4, 0.5) is 5.95 Å². The third-order valence-electron chi connectivity index (χ3n) is 4.06. The molecular weight excluding hydrogens is 378 g/mol. The van der Waals surface area contributed by atoms with E-state index in [1.165, 1.54) is 29.3 Å². The Hall–Kier alpha value is -1.35. The van der Waals surface area contributed by atoms with E-state index in [4.69, 9.17) is 10.8 Å². The Bertz CT molecular complexity index is 709. The fourth-order valence-electron chi connectivity index (χ4n) is 2.44. The molecule has 3 rings (SSSR count). The summed E-state index contributed by atoms with van der Waals surface area (Å²) in [6.07, 6.45) is 2.36. The number of hydrogen-bond acceptors (Lipinski definition) is 7. The maximum Gasteiger partial charge on any atom is 0.226 e. The van der Waals surface area contributed by atoms with Crippen LogP contribution in [0.2, 0.25) is 0 Å². The molecule has 1 aliphatic heterocycles. The van der Waals surface area contributed by atoms with Crippen molar-refractivity contribution in [1.29, 1.82) is 0 Å². The van der Waals surface area contributed by atoms with Crippen LogP contribution in [0.25, 0.3) is 0 Å². The van der Waals surface area contributed by atoms with Gasteiger partial charge in [-0.15, -0.1) is 10.2 Å². The van der Waals surface area contributed by atoms with Gasteiger partial charge in [-0.05, 0) is 60.3 Å². The Morgan fingerprint density at radius 3 is 2.48 bits per heavy atom. The molecule has 2 aromatic heterocycles. The van der Waals surface area contributed by atoms with E-state index in [2.05, 4.69) is 42.9 Å². The van der Waals surface area contributed by atoms with E-state index in [1.807, 2.05) is 13.8 Å². The molecule has 2 aromatic rings. The number of nitrogen functional groups attached to an aromatic ring is 1. The van der Waals surface area contributed by atoms with Crippen molar-refractivity contribution >= 4 is 33.6 Å². The highest BCUT2D eigenvalue weighted by Gasteiger charge is 2.21. The summed E-state index contributed by atoms with van der Waals surface area (Å²) >= 11 is 4.97. The molecule has 124 valence electrons. The molecule has 0 bridgehead atoms. The molecule has 23 heavy (non-hydrogen) atoms. The van der Waals surface area contributed by atoms with Crippen LogP contribution < -0.4 is 10.7 Å². The van der Waals surface area contributed by atoms with Crippen LogP contribution >= 0.6 is 27.7 Å². The van der Waals surface area contributed by atoms with Crippen molar-refractivity contribution in [3.05, 3.63) is 16.0 Å². The van der Waals surface area contributed by atoms with Gasteiger partial charge in [-0.2, -0.15) is 0 Å². The fourth-order valence-corrected chi connectivity index (χ4v) is 3.71. The van der Waals surface area contributed by atoms with E-state index in [-0.39, 0.29) is 0 Å². The summed E-state index contributed by atoms with van der Waals surface area (Å²) in [5.74, 6) is 8.15. The first-order chi connectivity index (χ1) is 11.0. The summed E-state index contributed by atoms with van der Waals surface area (Å²) in [5, 5.41) is 9.49. The van der Waals surface area contributed by atoms with Gasteiger partial charge in [-0.3, -0.25) is 0 Å². The van der Waals surface area contributed by atoms with E-state index in [1.54, 1.807) is 0 Å². The number of aryl methyl sites for hydroxylation is 2. The molecule has 1 fully saturated rings. The van der Waals surface area contributed by atoms with Crippen molar-refractivity contribution in [3.8, 4) is 0 Å². The highest BCUT2D eigenvalue weighted by Crippen LogP contribution is 2.34. The van der Waals surface area contributed by atoms with Crippen LogP contribution in [0, 0.1) is 19.8 Å². The Morgan fingerprint density at radius 2 is 1.87 bits per heavy atom. The molecular formula is C14H20BrN7S. The van der Waals surface area contributed by atoms with Gasteiger partial charge in [-0.25, -0.2) is 14.6 Å². The summed E-state index contributed by atoms with van der Waals surface area (Å²) in [4.78, 5) is 11.6. The van der Waals surface area contributed by atoms with E-state index in [0.717, 1.165) is 40.1 Å². The van der Waals surface area contributed by atoms with Crippen LogP contribution in [0.5, 0.6) is 0 Å². The van der Waals surface area contributed by atoms with Crippen LogP contribution in [0.3, 0.4) is 0 Å². The normalized spacial score (nSPS) is 16.1. The van der Waals surface area contributed by atoms with Crippen LogP contribution in [-0.2, 0) is 0 Å². The quantitative estimate of drug-likeness (QED) is 0.628. The molecule has 0 amide bonds. The topological polar surface area (TPSA) is 85.8 Å². The number of aromatic nitrogens is 5. The molecule has 0 aliphatic carbocycles. The SMILES string of the molecule is Cc1nc(N2CCC(C)CC2)nc(Sc2nnc(C)n2N)c1Br. The van der Waals surface area contributed by atoms with Crippen LogP contribution in [-0.4, -0.2) is 37.9 Å². The number of rotatable bonds is 3. The minimum absolute atomic E-state index is 0.611. The van der Waals surface area contributed by atoms with E-state index < -0.39 is 0 Å². The van der Waals surface area contributed by atoms with Gasteiger partial charge in [0.15, 0.2) is 0 Å². The third-order valence-corrected chi connectivity index (χ3v) is 6.23. The highest BCUT2D eigenvalue weighted by atomic mass is 79.9. The third kappa shape index (κ3) is 3.45. The second-order valence-electron chi connectivity index (χ2n) is 5.90. The van der Waals surface area contributed by atoms with Crippen molar-refractivity contribution in [2.75, 3.05) is 23.8 Å². The largest absolute Gasteiger partial charge is 0.341 e.